The molecule has 0 atom stereocenters. The normalized spacial score (nSPS) is 20.9. The highest BCUT2D eigenvalue weighted by molar-refractivity contribution is 5.82. The number of nitrogens with zero attached hydrogens (tertiary/aromatic N) is 1. The summed E-state index contributed by atoms with van der Waals surface area (Å²) in [5, 5.41) is 1.92. The zero-order valence-corrected chi connectivity index (χ0v) is 14.6. The lowest BCUT2D eigenvalue weighted by molar-refractivity contribution is -0.130. The number of carbonyl (C=O) groups excluding carboxylic acids is 1. The highest BCUT2D eigenvalue weighted by Crippen LogP contribution is 2.36. The van der Waals surface area contributed by atoms with Crippen molar-refractivity contribution in [1.29, 1.82) is 0 Å². The summed E-state index contributed by atoms with van der Waals surface area (Å²) in [6.07, 6.45) is 2.06. The summed E-state index contributed by atoms with van der Waals surface area (Å²) >= 11 is 0. The number of para-hydroxylation sites is 1. The number of ether oxygens (including phenoxy) is 2. The van der Waals surface area contributed by atoms with Crippen molar-refractivity contribution < 1.29 is 18.7 Å². The van der Waals surface area contributed by atoms with Crippen LogP contribution in [0.4, 0.5) is 10.1 Å². The number of rotatable bonds is 5. The van der Waals surface area contributed by atoms with E-state index in [0.29, 0.717) is 24.3 Å². The summed E-state index contributed by atoms with van der Waals surface area (Å²) < 4.78 is 24.4. The molecule has 1 N–H and O–H groups in total. The van der Waals surface area contributed by atoms with E-state index >= 15 is 0 Å². The van der Waals surface area contributed by atoms with Crippen LogP contribution in [0.2, 0.25) is 0 Å². The second-order valence-electron chi connectivity index (χ2n) is 6.71. The summed E-state index contributed by atoms with van der Waals surface area (Å²) in [5.74, 6) is 0.417. The van der Waals surface area contributed by atoms with E-state index in [9.17, 15) is 9.18 Å². The maximum atomic E-state index is 13.4. The first-order valence-electron chi connectivity index (χ1n) is 8.80. The van der Waals surface area contributed by atoms with E-state index < -0.39 is 0 Å². The Bertz CT molecular complexity index is 820. The number of halogens is 1. The number of hydrazine groups is 1. The Morgan fingerprint density at radius 3 is 2.81 bits per heavy atom. The molecule has 5 nitrogen and oxygen atoms in total. The highest BCUT2D eigenvalue weighted by Gasteiger charge is 2.37. The lowest BCUT2D eigenvalue weighted by Crippen LogP contribution is -2.49. The number of hydrogen-bond donors (Lipinski definition) is 1. The molecule has 0 bridgehead atoms. The van der Waals surface area contributed by atoms with E-state index in [4.69, 9.17) is 9.47 Å². The number of fused-ring (bicyclic) bond motifs is 1. The molecule has 26 heavy (non-hydrogen) atoms. The molecule has 4 rings (SSSR count). The van der Waals surface area contributed by atoms with Gasteiger partial charge in [0.25, 0.3) is 0 Å². The van der Waals surface area contributed by atoms with Crippen molar-refractivity contribution in [1.82, 2.24) is 5.43 Å². The van der Waals surface area contributed by atoms with Crippen LogP contribution in [0.1, 0.15) is 18.4 Å². The Labute approximate surface area is 151 Å². The van der Waals surface area contributed by atoms with Crippen LogP contribution in [0.3, 0.4) is 0 Å². The molecule has 0 spiro atoms. The van der Waals surface area contributed by atoms with Crippen LogP contribution in [0.25, 0.3) is 0 Å². The number of carbonyl (C=O) groups is 1. The molecule has 2 aromatic rings. The minimum atomic E-state index is -0.373. The molecule has 1 saturated carbocycles. The van der Waals surface area contributed by atoms with Gasteiger partial charge in [-0.2, -0.15) is 0 Å². The van der Waals surface area contributed by atoms with Crippen molar-refractivity contribution in [2.75, 3.05) is 18.7 Å². The van der Waals surface area contributed by atoms with Gasteiger partial charge < -0.3 is 9.47 Å². The third kappa shape index (κ3) is 3.19. The summed E-state index contributed by atoms with van der Waals surface area (Å²) in [5.41, 5.74) is 5.33. The van der Waals surface area contributed by atoms with Gasteiger partial charge in [-0.3, -0.25) is 15.2 Å². The molecule has 1 aliphatic carbocycles. The predicted molar refractivity (Wildman–Crippen MR) is 95.7 cm³/mol. The van der Waals surface area contributed by atoms with Crippen molar-refractivity contribution in [2.45, 2.75) is 25.4 Å². The molecular weight excluding hydrogens is 335 g/mol. The van der Waals surface area contributed by atoms with Gasteiger partial charge in [-0.1, -0.05) is 18.2 Å². The lowest BCUT2D eigenvalue weighted by Gasteiger charge is -2.35. The Kier molecular flexibility index (Phi) is 4.41. The molecule has 0 unspecified atom stereocenters. The van der Waals surface area contributed by atoms with Gasteiger partial charge in [-0.15, -0.1) is 0 Å². The summed E-state index contributed by atoms with van der Waals surface area (Å²) in [4.78, 5) is 12.5. The fourth-order valence-corrected chi connectivity index (χ4v) is 3.48. The van der Waals surface area contributed by atoms with E-state index in [1.54, 1.807) is 6.07 Å². The van der Waals surface area contributed by atoms with Crippen molar-refractivity contribution in [3.8, 4) is 11.5 Å². The molecule has 0 saturated heterocycles. The Hall–Kier alpha value is -2.76. The topological polar surface area (TPSA) is 50.8 Å². The third-order valence-corrected chi connectivity index (χ3v) is 5.02. The van der Waals surface area contributed by atoms with Crippen molar-refractivity contribution >= 4 is 11.6 Å². The second kappa shape index (κ2) is 6.86. The van der Waals surface area contributed by atoms with Crippen LogP contribution in [-0.4, -0.2) is 25.7 Å². The minimum absolute atomic E-state index is 0.00719. The Morgan fingerprint density at radius 2 is 2.00 bits per heavy atom. The molecule has 1 aliphatic heterocycles. The van der Waals surface area contributed by atoms with Crippen LogP contribution in [0, 0.1) is 11.7 Å². The van der Waals surface area contributed by atoms with Crippen LogP contribution >= 0.6 is 0 Å². The van der Waals surface area contributed by atoms with Gasteiger partial charge in [0, 0.05) is 18.5 Å². The zero-order chi connectivity index (χ0) is 18.1. The fourth-order valence-electron chi connectivity index (χ4n) is 3.48. The fraction of sp³-hybridized carbons (Fsp3) is 0.350. The molecule has 1 amide bonds. The highest BCUT2D eigenvalue weighted by atomic mass is 19.1. The van der Waals surface area contributed by atoms with Gasteiger partial charge in [-0.05, 0) is 43.0 Å². The van der Waals surface area contributed by atoms with Crippen LogP contribution in [0.5, 0.6) is 11.5 Å². The molecule has 2 aromatic carbocycles. The first kappa shape index (κ1) is 16.7. The molecule has 2 aliphatic rings. The lowest BCUT2D eigenvalue weighted by atomic mass is 9.81. The summed E-state index contributed by atoms with van der Waals surface area (Å²) in [6, 6.07) is 12.3. The van der Waals surface area contributed by atoms with E-state index in [0.717, 1.165) is 18.7 Å². The third-order valence-electron chi connectivity index (χ3n) is 5.02. The quantitative estimate of drug-likeness (QED) is 0.895. The van der Waals surface area contributed by atoms with E-state index in [-0.39, 0.29) is 23.7 Å². The zero-order valence-electron chi connectivity index (χ0n) is 14.6. The first-order chi connectivity index (χ1) is 12.6. The maximum absolute atomic E-state index is 13.4. The van der Waals surface area contributed by atoms with Crippen molar-refractivity contribution in [3.05, 3.63) is 53.8 Å². The van der Waals surface area contributed by atoms with E-state index in [2.05, 4.69) is 11.5 Å². The van der Waals surface area contributed by atoms with E-state index in [1.807, 2.05) is 23.2 Å². The monoisotopic (exact) mass is 356 g/mol. The number of methoxy groups -OCH3 is 1. The Balaban J connectivity index is 1.31. The molecule has 1 fully saturated rings. The van der Waals surface area contributed by atoms with E-state index in [1.165, 1.54) is 24.8 Å². The smallest absolute Gasteiger partial charge is 0.241 e. The SMILES string of the molecule is COc1ccc(F)cc1OC1CC(C(=O)NN2CCc3ccccc32)C1. The largest absolute Gasteiger partial charge is 0.493 e. The number of hydrogen-bond acceptors (Lipinski definition) is 4. The molecule has 6 heteroatoms. The van der Waals surface area contributed by atoms with Gasteiger partial charge in [0.15, 0.2) is 11.5 Å². The average Bonchev–Trinajstić information content (AvgIpc) is 3.01. The van der Waals surface area contributed by atoms with Crippen LogP contribution in [-0.2, 0) is 11.2 Å². The van der Waals surface area contributed by atoms with Gasteiger partial charge in [0.2, 0.25) is 5.91 Å². The van der Waals surface area contributed by atoms with Gasteiger partial charge in [-0.25, -0.2) is 4.39 Å². The minimum Gasteiger partial charge on any atom is -0.493 e. The van der Waals surface area contributed by atoms with Crippen molar-refractivity contribution in [3.63, 3.8) is 0 Å². The number of amides is 1. The average molecular weight is 356 g/mol. The first-order valence-corrected chi connectivity index (χ1v) is 8.80. The number of benzene rings is 2. The molecule has 0 radical (unpaired) electrons. The van der Waals surface area contributed by atoms with Gasteiger partial charge in [0.05, 0.1) is 12.8 Å². The summed E-state index contributed by atoms with van der Waals surface area (Å²) in [6.45, 7) is 0.790. The van der Waals surface area contributed by atoms with Crippen molar-refractivity contribution in [2.24, 2.45) is 5.92 Å². The number of nitrogens with one attached hydrogen (secondary N) is 1. The second-order valence-corrected chi connectivity index (χ2v) is 6.71. The Morgan fingerprint density at radius 1 is 1.19 bits per heavy atom. The van der Waals surface area contributed by atoms with Gasteiger partial charge in [0.1, 0.15) is 11.9 Å². The van der Waals surface area contributed by atoms with Crippen LogP contribution in [0.15, 0.2) is 42.5 Å². The maximum Gasteiger partial charge on any atom is 0.241 e. The van der Waals surface area contributed by atoms with Crippen LogP contribution < -0.4 is 19.9 Å². The van der Waals surface area contributed by atoms with Gasteiger partial charge >= 0.3 is 0 Å². The molecule has 0 aromatic heterocycles. The summed E-state index contributed by atoms with van der Waals surface area (Å²) in [7, 11) is 1.52. The standard InChI is InChI=1S/C20H21FN2O3/c1-25-18-7-6-15(21)12-19(18)26-16-10-14(11-16)20(24)22-23-9-8-13-4-2-3-5-17(13)23/h2-7,12,14,16H,8-11H2,1H3,(H,22,24). The molecular formula is C20H21FN2O3. The number of anilines is 1. The molecule has 136 valence electrons. The predicted octanol–water partition coefficient (Wildman–Crippen LogP) is 3.09. The molecule has 1 heterocycles.